The first kappa shape index (κ1) is 38.7. The molecule has 0 spiro atoms. The largest absolute Gasteiger partial charge is 0.480 e. The third-order valence-electron chi connectivity index (χ3n) is 9.10. The van der Waals surface area contributed by atoms with Crippen LogP contribution in [0.2, 0.25) is 0 Å². The highest BCUT2D eigenvalue weighted by atomic mass is 32.2. The maximum Gasteiger partial charge on any atom is 0.323 e. The Morgan fingerprint density at radius 1 is 0.772 bits per heavy atom. The smallest absolute Gasteiger partial charge is 0.323 e. The minimum Gasteiger partial charge on any atom is -0.480 e. The third kappa shape index (κ3) is 8.64. The van der Waals surface area contributed by atoms with Crippen molar-refractivity contribution in [2.75, 3.05) is 11.4 Å². The van der Waals surface area contributed by atoms with Crippen LogP contribution in [-0.2, 0) is 16.1 Å². The van der Waals surface area contributed by atoms with Gasteiger partial charge >= 0.3 is 5.97 Å². The number of rotatable bonds is 11. The number of aromatic nitrogens is 1. The van der Waals surface area contributed by atoms with E-state index in [0.717, 1.165) is 72.6 Å². The van der Waals surface area contributed by atoms with Gasteiger partial charge < -0.3 is 10.0 Å². The molecule has 7 rings (SSSR count). The number of nitrogens with zero attached hydrogens (tertiary/aromatic N) is 4. The number of amides is 1. The van der Waals surface area contributed by atoms with E-state index in [-0.39, 0.29) is 25.6 Å². The van der Waals surface area contributed by atoms with Crippen molar-refractivity contribution in [1.29, 1.82) is 5.26 Å². The number of aliphatic carboxylic acids is 1. The molecule has 57 heavy (non-hydrogen) atoms. The lowest BCUT2D eigenvalue weighted by atomic mass is 9.95. The number of thiazole rings is 1. The second-order valence-corrected chi connectivity index (χ2v) is 15.5. The van der Waals surface area contributed by atoms with Crippen molar-refractivity contribution in [2.45, 2.75) is 13.5 Å². The fraction of sp³-hybridized carbons (Fsp3) is 0.0652. The number of carboxylic acid groups (broad SMARTS) is 1. The molecule has 1 aliphatic heterocycles. The molecule has 0 unspecified atom stereocenters. The van der Waals surface area contributed by atoms with E-state index in [2.05, 4.69) is 65.6 Å². The molecule has 8 nitrogen and oxygen atoms in total. The molecule has 5 aromatic carbocycles. The molecule has 0 radical (unpaired) electrons. The standard InChI is InChI=1S/C46H34N4O4S3/c1-2-48-44(54)42(57-46(48)55)45-49(30-41(51)52)43(53)40(56-45)28-33(29-47)26-31-18-22-37(23-19-31)50(36-16-10-5-11-17-36)38-24-20-32(21-25-38)27-39(34-12-6-3-7-13-34)35-14-8-4-9-15-35/h3-28H,2,30H2,1H3,(H,51,52)/b33-26-,40-28+,45-42-. The molecule has 1 saturated heterocycles. The number of hydrogen-bond acceptors (Lipinski definition) is 8. The lowest BCUT2D eigenvalue weighted by molar-refractivity contribution is -0.137. The number of allylic oxidation sites excluding steroid dienone is 1. The molecule has 6 aromatic rings. The molecule has 1 N–H and O–H groups in total. The highest BCUT2D eigenvalue weighted by molar-refractivity contribution is 8.30. The lowest BCUT2D eigenvalue weighted by Crippen LogP contribution is -2.35. The van der Waals surface area contributed by atoms with Crippen LogP contribution in [0.4, 0.5) is 17.1 Å². The number of carbonyl (C=O) groups excluding carboxylic acids is 1. The molecule has 0 atom stereocenters. The second-order valence-electron chi connectivity index (χ2n) is 12.8. The summed E-state index contributed by atoms with van der Waals surface area (Å²) in [5.74, 6) is -1.62. The van der Waals surface area contributed by atoms with Crippen molar-refractivity contribution in [3.63, 3.8) is 0 Å². The molecule has 11 heteroatoms. The molecule has 0 bridgehead atoms. The number of hydrogen-bond donors (Lipinski definition) is 1. The molecule has 1 amide bonds. The highest BCUT2D eigenvalue weighted by Gasteiger charge is 2.33. The van der Waals surface area contributed by atoms with Crippen LogP contribution in [-0.4, -0.2) is 37.3 Å². The minimum atomic E-state index is -1.23. The molecule has 1 fully saturated rings. The van der Waals surface area contributed by atoms with Gasteiger partial charge in [-0.1, -0.05) is 127 Å². The average Bonchev–Trinajstić information content (AvgIpc) is 3.70. The fourth-order valence-electron chi connectivity index (χ4n) is 6.39. The molecule has 0 saturated carbocycles. The summed E-state index contributed by atoms with van der Waals surface area (Å²) in [5, 5.41) is 19.7. The van der Waals surface area contributed by atoms with Crippen molar-refractivity contribution in [3.8, 4) is 6.07 Å². The van der Waals surface area contributed by atoms with Gasteiger partial charge in [0, 0.05) is 23.6 Å². The quantitative estimate of drug-likeness (QED) is 0.0791. The van der Waals surface area contributed by atoms with E-state index in [9.17, 15) is 24.8 Å². The SMILES string of the molecule is CCN1C(=O)/C(=c2/s/c(=C/C(C#N)=C/c3ccc(N(c4ccccc4)c4ccc(C=C(c5ccccc5)c5ccccc5)cc4)cc3)c(=O)n2CC(=O)O)SC1=S. The van der Waals surface area contributed by atoms with E-state index in [0.29, 0.717) is 10.9 Å². The first-order valence-electron chi connectivity index (χ1n) is 17.9. The Labute approximate surface area is 342 Å². The van der Waals surface area contributed by atoms with Crippen LogP contribution in [0, 0.1) is 11.3 Å². The van der Waals surface area contributed by atoms with Crippen LogP contribution < -0.4 is 19.7 Å². The van der Waals surface area contributed by atoms with Gasteiger partial charge in [0.25, 0.3) is 11.5 Å². The van der Waals surface area contributed by atoms with Crippen molar-refractivity contribution in [3.05, 3.63) is 187 Å². The summed E-state index contributed by atoms with van der Waals surface area (Å²) in [7, 11) is 0. The van der Waals surface area contributed by atoms with Gasteiger partial charge in [-0.15, -0.1) is 11.3 Å². The van der Waals surface area contributed by atoms with Crippen molar-refractivity contribution < 1.29 is 14.7 Å². The first-order chi connectivity index (χ1) is 27.7. The zero-order valence-corrected chi connectivity index (χ0v) is 33.1. The summed E-state index contributed by atoms with van der Waals surface area (Å²) in [6.07, 6.45) is 5.29. The third-order valence-corrected chi connectivity index (χ3v) is 11.8. The summed E-state index contributed by atoms with van der Waals surface area (Å²) < 4.78 is 1.71. The summed E-state index contributed by atoms with van der Waals surface area (Å²) in [5.41, 5.74) is 7.57. The molecular formula is C46H34N4O4S3. The molecule has 1 aromatic heterocycles. The number of benzene rings is 5. The number of para-hydroxylation sites is 1. The zero-order valence-electron chi connectivity index (χ0n) is 30.6. The fourth-order valence-corrected chi connectivity index (χ4v) is 9.03. The van der Waals surface area contributed by atoms with Crippen molar-refractivity contribution in [1.82, 2.24) is 9.47 Å². The zero-order chi connectivity index (χ0) is 39.9. The van der Waals surface area contributed by atoms with Crippen LogP contribution in [0.25, 0.3) is 28.7 Å². The van der Waals surface area contributed by atoms with E-state index in [1.165, 1.54) is 11.0 Å². The Kier molecular flexibility index (Phi) is 11.9. The molecule has 0 aliphatic carbocycles. The summed E-state index contributed by atoms with van der Waals surface area (Å²) in [4.78, 5) is 42.0. The topological polar surface area (TPSA) is 107 Å². The number of thiocarbonyl (C=S) groups is 1. The number of anilines is 3. The van der Waals surface area contributed by atoms with Crippen LogP contribution in [0.5, 0.6) is 0 Å². The van der Waals surface area contributed by atoms with Gasteiger partial charge in [0.05, 0.1) is 16.2 Å². The monoisotopic (exact) mass is 802 g/mol. The normalized spacial score (nSPS) is 14.1. The van der Waals surface area contributed by atoms with Crippen molar-refractivity contribution >= 4 is 97.3 Å². The Morgan fingerprint density at radius 3 is 1.77 bits per heavy atom. The number of thioether (sulfide) groups is 1. The summed E-state index contributed by atoms with van der Waals surface area (Å²) >= 11 is 7.34. The Balaban J connectivity index is 1.22. The Bertz CT molecular complexity index is 2710. The van der Waals surface area contributed by atoms with Crippen LogP contribution >= 0.6 is 35.3 Å². The molecule has 280 valence electrons. The molecule has 1 aliphatic rings. The van der Waals surface area contributed by atoms with Gasteiger partial charge in [-0.2, -0.15) is 5.26 Å². The van der Waals surface area contributed by atoms with Gasteiger partial charge in [-0.05, 0) is 89.4 Å². The van der Waals surface area contributed by atoms with Crippen LogP contribution in [0.3, 0.4) is 0 Å². The number of carbonyl (C=O) groups is 2. The lowest BCUT2D eigenvalue weighted by Gasteiger charge is -2.25. The average molecular weight is 803 g/mol. The Hall–Kier alpha value is -6.58. The van der Waals surface area contributed by atoms with E-state index in [4.69, 9.17) is 12.2 Å². The highest BCUT2D eigenvalue weighted by Crippen LogP contribution is 2.36. The van der Waals surface area contributed by atoms with Gasteiger partial charge in [0.15, 0.2) is 0 Å². The summed E-state index contributed by atoms with van der Waals surface area (Å²) in [6.45, 7) is 1.49. The van der Waals surface area contributed by atoms with Crippen molar-refractivity contribution in [2.24, 2.45) is 0 Å². The van der Waals surface area contributed by atoms with E-state index in [1.807, 2.05) is 91.0 Å². The van der Waals surface area contributed by atoms with E-state index < -0.39 is 18.1 Å². The molecular weight excluding hydrogens is 769 g/mol. The van der Waals surface area contributed by atoms with Gasteiger partial charge in [0.2, 0.25) is 0 Å². The maximum atomic E-state index is 13.5. The van der Waals surface area contributed by atoms with Gasteiger partial charge in [-0.3, -0.25) is 23.9 Å². The number of nitriles is 1. The van der Waals surface area contributed by atoms with Crippen LogP contribution in [0.1, 0.15) is 29.2 Å². The maximum absolute atomic E-state index is 13.5. The minimum absolute atomic E-state index is 0.130. The first-order valence-corrected chi connectivity index (χ1v) is 20.0. The van der Waals surface area contributed by atoms with E-state index in [1.54, 1.807) is 13.0 Å². The second kappa shape index (κ2) is 17.5. The summed E-state index contributed by atoms with van der Waals surface area (Å²) in [6, 6.07) is 49.0. The number of carboxylic acids is 1. The van der Waals surface area contributed by atoms with Crippen LogP contribution in [0.15, 0.2) is 150 Å². The van der Waals surface area contributed by atoms with Gasteiger partial charge in [0.1, 0.15) is 20.4 Å². The van der Waals surface area contributed by atoms with E-state index >= 15 is 0 Å². The predicted octanol–water partition coefficient (Wildman–Crippen LogP) is 8.43. The van der Waals surface area contributed by atoms with Gasteiger partial charge in [-0.25, -0.2) is 0 Å². The predicted molar refractivity (Wildman–Crippen MR) is 235 cm³/mol. The molecule has 2 heterocycles. The Morgan fingerprint density at radius 2 is 1.28 bits per heavy atom.